The second-order valence-corrected chi connectivity index (χ2v) is 10.5. The van der Waals surface area contributed by atoms with Crippen molar-refractivity contribution >= 4 is 73.5 Å². The van der Waals surface area contributed by atoms with Crippen molar-refractivity contribution in [2.24, 2.45) is 0 Å². The molecule has 3 aromatic rings. The summed E-state index contributed by atoms with van der Waals surface area (Å²) in [6.07, 6.45) is 1.67. The molecule has 0 radical (unpaired) electrons. The van der Waals surface area contributed by atoms with Gasteiger partial charge in [-0.25, -0.2) is 0 Å². The maximum atomic E-state index is 12.9. The van der Waals surface area contributed by atoms with Gasteiger partial charge in [0.05, 0.1) is 33.0 Å². The number of thioether (sulfide) groups is 1. The lowest BCUT2D eigenvalue weighted by Gasteiger charge is -2.15. The molecule has 0 bridgehead atoms. The molecule has 176 valence electrons. The minimum absolute atomic E-state index is 0.236. The minimum Gasteiger partial charge on any atom is -0.493 e. The lowest BCUT2D eigenvalue weighted by atomic mass is 10.1. The summed E-state index contributed by atoms with van der Waals surface area (Å²) in [5.74, 6) is 0.164. The van der Waals surface area contributed by atoms with Crippen LogP contribution in [0.3, 0.4) is 0 Å². The van der Waals surface area contributed by atoms with E-state index in [4.69, 9.17) is 27.0 Å². The van der Waals surface area contributed by atoms with Gasteiger partial charge in [-0.2, -0.15) is 10.3 Å². The maximum absolute atomic E-state index is 12.9. The van der Waals surface area contributed by atoms with Crippen molar-refractivity contribution in [3.05, 3.63) is 84.9 Å². The number of methoxy groups -OCH3 is 1. The molecule has 1 saturated heterocycles. The maximum Gasteiger partial charge on any atom is 0.285 e. The van der Waals surface area contributed by atoms with Gasteiger partial charge in [-0.15, -0.1) is 11.3 Å². The van der Waals surface area contributed by atoms with E-state index in [2.05, 4.69) is 27.4 Å². The Morgan fingerprint density at radius 1 is 1.29 bits per heavy atom. The van der Waals surface area contributed by atoms with Crippen LogP contribution in [0.5, 0.6) is 11.5 Å². The molecule has 1 aromatic heterocycles. The van der Waals surface area contributed by atoms with Crippen molar-refractivity contribution in [1.29, 1.82) is 5.26 Å². The second kappa shape index (κ2) is 11.0. The lowest BCUT2D eigenvalue weighted by Crippen LogP contribution is -2.44. The topological polar surface area (TPSA) is 91.7 Å². The third-order valence-corrected chi connectivity index (χ3v) is 7.53. The van der Waals surface area contributed by atoms with Crippen LogP contribution in [0.4, 0.5) is 0 Å². The molecule has 1 aliphatic rings. The van der Waals surface area contributed by atoms with Gasteiger partial charge < -0.3 is 9.47 Å². The first-order valence-electron chi connectivity index (χ1n) is 10.0. The summed E-state index contributed by atoms with van der Waals surface area (Å²) >= 11 is 11.2. The first-order valence-corrected chi connectivity index (χ1v) is 12.9. The predicted octanol–water partition coefficient (Wildman–Crippen LogP) is 5.52. The molecule has 2 aromatic carbocycles. The van der Waals surface area contributed by atoms with Crippen LogP contribution in [-0.4, -0.2) is 28.3 Å². The van der Waals surface area contributed by atoms with Gasteiger partial charge in [0.15, 0.2) is 15.8 Å². The van der Waals surface area contributed by atoms with E-state index >= 15 is 0 Å². The number of hydrogen-bond acceptors (Lipinski definition) is 8. The van der Waals surface area contributed by atoms with Crippen LogP contribution in [0.15, 0.2) is 63.3 Å². The van der Waals surface area contributed by atoms with Crippen LogP contribution in [0.2, 0.25) is 0 Å². The van der Waals surface area contributed by atoms with E-state index in [1.165, 1.54) is 18.4 Å². The highest BCUT2D eigenvalue weighted by atomic mass is 79.9. The standard InChI is InChI=1S/C24H16BrN3O4S3/c1-31-18-10-16(9-17(25)21(18)32-13-15-6-4-14(12-26)5-7-15)11-20-23(30)28(24(33)35-20)27-22(29)19-3-2-8-34-19/h2-11H,13H2,1H3,(H,27,29)/b20-11+. The van der Waals surface area contributed by atoms with Crippen LogP contribution in [0.25, 0.3) is 6.08 Å². The first-order chi connectivity index (χ1) is 16.9. The summed E-state index contributed by atoms with van der Waals surface area (Å²) in [4.78, 5) is 26.1. The Labute approximate surface area is 223 Å². The lowest BCUT2D eigenvalue weighted by molar-refractivity contribution is -0.123. The molecule has 1 aliphatic heterocycles. The number of thiophene rings is 1. The molecule has 1 fully saturated rings. The van der Waals surface area contributed by atoms with Gasteiger partial charge >= 0.3 is 0 Å². The molecule has 35 heavy (non-hydrogen) atoms. The molecule has 0 aliphatic carbocycles. The number of ether oxygens (including phenoxy) is 2. The number of thiocarbonyl (C=S) groups is 1. The Morgan fingerprint density at radius 2 is 2.06 bits per heavy atom. The summed E-state index contributed by atoms with van der Waals surface area (Å²) in [7, 11) is 1.53. The van der Waals surface area contributed by atoms with E-state index in [9.17, 15) is 9.59 Å². The number of nitriles is 1. The fraction of sp³-hybridized carbons (Fsp3) is 0.0833. The molecule has 0 unspecified atom stereocenters. The number of carbonyl (C=O) groups excluding carboxylic acids is 2. The van der Waals surface area contributed by atoms with E-state index in [1.807, 2.05) is 12.1 Å². The van der Waals surface area contributed by atoms with Gasteiger partial charge in [0, 0.05) is 0 Å². The molecule has 0 saturated carbocycles. The van der Waals surface area contributed by atoms with Crippen LogP contribution in [0, 0.1) is 11.3 Å². The zero-order valence-electron chi connectivity index (χ0n) is 18.1. The minimum atomic E-state index is -0.416. The molecule has 1 N–H and O–H groups in total. The third-order valence-electron chi connectivity index (χ3n) is 4.77. The van der Waals surface area contributed by atoms with Crippen molar-refractivity contribution in [1.82, 2.24) is 10.4 Å². The number of benzene rings is 2. The molecule has 2 amide bonds. The summed E-state index contributed by atoms with van der Waals surface area (Å²) in [6, 6.07) is 16.2. The van der Waals surface area contributed by atoms with Crippen molar-refractivity contribution < 1.29 is 19.1 Å². The van der Waals surface area contributed by atoms with E-state index in [0.29, 0.717) is 36.9 Å². The Morgan fingerprint density at radius 3 is 2.71 bits per heavy atom. The number of carbonyl (C=O) groups is 2. The van der Waals surface area contributed by atoms with Gasteiger partial charge in [0.1, 0.15) is 6.61 Å². The average Bonchev–Trinajstić information content (AvgIpc) is 3.48. The van der Waals surface area contributed by atoms with Crippen molar-refractivity contribution in [3.8, 4) is 17.6 Å². The Kier molecular flexibility index (Phi) is 7.87. The highest BCUT2D eigenvalue weighted by Crippen LogP contribution is 2.39. The highest BCUT2D eigenvalue weighted by Gasteiger charge is 2.34. The molecule has 0 atom stereocenters. The van der Waals surface area contributed by atoms with Crippen LogP contribution in [0.1, 0.15) is 26.4 Å². The largest absolute Gasteiger partial charge is 0.493 e. The number of rotatable bonds is 7. The van der Waals surface area contributed by atoms with Crippen LogP contribution >= 0.6 is 51.2 Å². The zero-order chi connectivity index (χ0) is 24.9. The smallest absolute Gasteiger partial charge is 0.285 e. The normalized spacial score (nSPS) is 14.2. The summed E-state index contributed by atoms with van der Waals surface area (Å²) < 4.78 is 12.3. The Bertz CT molecular complexity index is 1370. The van der Waals surface area contributed by atoms with Gasteiger partial charge in [-0.1, -0.05) is 30.0 Å². The summed E-state index contributed by atoms with van der Waals surface area (Å²) in [5.41, 5.74) is 4.72. The summed E-state index contributed by atoms with van der Waals surface area (Å²) in [6.45, 7) is 0.280. The third kappa shape index (κ3) is 5.74. The van der Waals surface area contributed by atoms with E-state index in [1.54, 1.807) is 47.9 Å². The quantitative estimate of drug-likeness (QED) is 0.288. The van der Waals surface area contributed by atoms with Gasteiger partial charge in [-0.3, -0.25) is 15.0 Å². The fourth-order valence-corrected chi connectivity index (χ4v) is 5.44. The Hall–Kier alpha value is -3.17. The SMILES string of the molecule is COc1cc(/C=C2/SC(=S)N(NC(=O)c3cccs3)C2=O)cc(Br)c1OCc1ccc(C#N)cc1. The summed E-state index contributed by atoms with van der Waals surface area (Å²) in [5, 5.41) is 11.8. The van der Waals surface area contributed by atoms with Crippen molar-refractivity contribution in [2.75, 3.05) is 7.11 Å². The van der Waals surface area contributed by atoms with Gasteiger partial charge in [0.25, 0.3) is 11.8 Å². The first kappa shape index (κ1) is 24.9. The number of nitrogens with one attached hydrogen (secondary N) is 1. The number of nitrogens with zero attached hydrogens (tertiary/aromatic N) is 2. The molecule has 0 spiro atoms. The number of halogens is 1. The highest BCUT2D eigenvalue weighted by molar-refractivity contribution is 9.10. The van der Waals surface area contributed by atoms with E-state index in [0.717, 1.165) is 22.3 Å². The molecule has 7 nitrogen and oxygen atoms in total. The second-order valence-electron chi connectivity index (χ2n) is 7.07. The van der Waals surface area contributed by atoms with Crippen molar-refractivity contribution in [2.45, 2.75) is 6.61 Å². The zero-order valence-corrected chi connectivity index (χ0v) is 22.1. The van der Waals surface area contributed by atoms with Gasteiger partial charge in [-0.05, 0) is 81.1 Å². The number of hydrazine groups is 1. The molecular weight excluding hydrogens is 570 g/mol. The van der Waals surface area contributed by atoms with Gasteiger partial charge in [0.2, 0.25) is 0 Å². The molecule has 4 rings (SSSR count). The predicted molar refractivity (Wildman–Crippen MR) is 143 cm³/mol. The molecule has 11 heteroatoms. The average molecular weight is 587 g/mol. The number of amides is 2. The van der Waals surface area contributed by atoms with Crippen LogP contribution < -0.4 is 14.9 Å². The Balaban J connectivity index is 1.50. The van der Waals surface area contributed by atoms with E-state index < -0.39 is 11.8 Å². The van der Waals surface area contributed by atoms with Crippen molar-refractivity contribution in [3.63, 3.8) is 0 Å². The fourth-order valence-electron chi connectivity index (χ4n) is 3.07. The van der Waals surface area contributed by atoms with E-state index in [-0.39, 0.29) is 10.9 Å². The number of hydrogen-bond donors (Lipinski definition) is 1. The monoisotopic (exact) mass is 585 g/mol. The molecular formula is C24H16BrN3O4S3. The molecule has 2 heterocycles. The van der Waals surface area contributed by atoms with Crippen LogP contribution in [-0.2, 0) is 11.4 Å².